The minimum absolute atomic E-state index is 0.227. The van der Waals surface area contributed by atoms with Crippen LogP contribution in [0.25, 0.3) is 0 Å². The average Bonchev–Trinajstić information content (AvgIpc) is 2.37. The molecule has 0 aliphatic rings. The monoisotopic (exact) mass is 288 g/mol. The summed E-state index contributed by atoms with van der Waals surface area (Å²) in [6.45, 7) is 9.37. The van der Waals surface area contributed by atoms with Gasteiger partial charge in [0.25, 0.3) is 0 Å². The van der Waals surface area contributed by atoms with Crippen molar-refractivity contribution in [3.63, 3.8) is 0 Å². The second-order valence-corrected chi connectivity index (χ2v) is 11.2. The summed E-state index contributed by atoms with van der Waals surface area (Å²) < 4.78 is 18.8. The number of halogens is 1. The number of ether oxygens (including phenoxy) is 1. The Bertz CT molecular complexity index is 585. The zero-order valence-corrected chi connectivity index (χ0v) is 13.5. The molecule has 0 spiro atoms. The van der Waals surface area contributed by atoms with Gasteiger partial charge in [-0.05, 0) is 36.2 Å². The topological polar surface area (TPSA) is 9.23 Å². The Labute approximate surface area is 121 Å². The van der Waals surface area contributed by atoms with E-state index < -0.39 is 8.07 Å². The Kier molecular flexibility index (Phi) is 4.28. The number of benzene rings is 2. The molecule has 0 N–H and O–H groups in total. The van der Waals surface area contributed by atoms with Crippen LogP contribution in [-0.4, -0.2) is 8.07 Å². The summed E-state index contributed by atoms with van der Waals surface area (Å²) in [6.07, 6.45) is 0. The van der Waals surface area contributed by atoms with Gasteiger partial charge in [0.05, 0.1) is 8.07 Å². The number of hydrogen-bond donors (Lipinski definition) is 0. The normalized spacial score (nSPS) is 11.4. The van der Waals surface area contributed by atoms with Gasteiger partial charge in [-0.2, -0.15) is 0 Å². The van der Waals surface area contributed by atoms with Crippen molar-refractivity contribution in [2.75, 3.05) is 0 Å². The highest BCUT2D eigenvalue weighted by Gasteiger charge is 2.15. The zero-order valence-electron chi connectivity index (χ0n) is 12.5. The van der Waals surface area contributed by atoms with E-state index in [-0.39, 0.29) is 5.82 Å². The number of aryl methyl sites for hydroxylation is 1. The molecule has 0 amide bonds. The molecule has 0 heterocycles. The van der Waals surface area contributed by atoms with Gasteiger partial charge in [0, 0.05) is 0 Å². The number of hydrogen-bond acceptors (Lipinski definition) is 1. The van der Waals surface area contributed by atoms with Crippen LogP contribution < -0.4 is 9.92 Å². The van der Waals surface area contributed by atoms with Gasteiger partial charge in [-0.3, -0.25) is 0 Å². The molecule has 0 atom stereocenters. The standard InChI is InChI=1S/C17H21FOSi/c1-13-11-15(18)7-10-17(13)19-12-14-5-8-16(9-6-14)20(2,3)4/h5-11H,12H2,1-4H3. The minimum atomic E-state index is -1.24. The third kappa shape index (κ3) is 3.70. The van der Waals surface area contributed by atoms with E-state index in [2.05, 4.69) is 43.9 Å². The van der Waals surface area contributed by atoms with Gasteiger partial charge in [0.1, 0.15) is 18.2 Å². The molecule has 2 aromatic carbocycles. The van der Waals surface area contributed by atoms with Crippen molar-refractivity contribution >= 4 is 13.3 Å². The molecule has 0 aliphatic heterocycles. The van der Waals surface area contributed by atoms with Crippen LogP contribution >= 0.6 is 0 Å². The van der Waals surface area contributed by atoms with E-state index in [0.717, 1.165) is 16.9 Å². The van der Waals surface area contributed by atoms with E-state index in [9.17, 15) is 4.39 Å². The molecule has 0 aliphatic carbocycles. The fraction of sp³-hybridized carbons (Fsp3) is 0.294. The molecule has 2 rings (SSSR count). The lowest BCUT2D eigenvalue weighted by atomic mass is 10.2. The van der Waals surface area contributed by atoms with Crippen LogP contribution in [0.4, 0.5) is 4.39 Å². The Morgan fingerprint density at radius 3 is 2.20 bits per heavy atom. The lowest BCUT2D eigenvalue weighted by Gasteiger charge is -2.17. The predicted molar refractivity (Wildman–Crippen MR) is 84.9 cm³/mol. The predicted octanol–water partition coefficient (Wildman–Crippen LogP) is 4.26. The van der Waals surface area contributed by atoms with E-state index in [1.165, 1.54) is 17.3 Å². The summed E-state index contributed by atoms with van der Waals surface area (Å²) in [5.74, 6) is 0.509. The summed E-state index contributed by atoms with van der Waals surface area (Å²) in [5, 5.41) is 1.44. The van der Waals surface area contributed by atoms with E-state index in [4.69, 9.17) is 4.74 Å². The maximum absolute atomic E-state index is 13.0. The van der Waals surface area contributed by atoms with Crippen molar-refractivity contribution in [3.05, 3.63) is 59.4 Å². The first-order chi connectivity index (χ1) is 9.36. The summed E-state index contributed by atoms with van der Waals surface area (Å²) in [4.78, 5) is 0. The lowest BCUT2D eigenvalue weighted by molar-refractivity contribution is 0.303. The van der Waals surface area contributed by atoms with E-state index in [0.29, 0.717) is 6.61 Å². The molecular weight excluding hydrogens is 267 g/mol. The van der Waals surface area contributed by atoms with Crippen molar-refractivity contribution in [1.29, 1.82) is 0 Å². The second-order valence-electron chi connectivity index (χ2n) is 6.15. The highest BCUT2D eigenvalue weighted by atomic mass is 28.3. The maximum atomic E-state index is 13.0. The maximum Gasteiger partial charge on any atom is 0.123 e. The molecule has 0 radical (unpaired) electrons. The number of rotatable bonds is 4. The molecule has 3 heteroatoms. The highest BCUT2D eigenvalue weighted by Crippen LogP contribution is 2.19. The molecular formula is C17H21FOSi. The molecule has 106 valence electrons. The lowest BCUT2D eigenvalue weighted by Crippen LogP contribution is -2.37. The first-order valence-corrected chi connectivity index (χ1v) is 10.3. The van der Waals surface area contributed by atoms with Gasteiger partial charge in [-0.15, -0.1) is 0 Å². The van der Waals surface area contributed by atoms with E-state index in [1.54, 1.807) is 6.07 Å². The molecule has 0 unspecified atom stereocenters. The van der Waals surface area contributed by atoms with Crippen LogP contribution in [-0.2, 0) is 6.61 Å². The van der Waals surface area contributed by atoms with Gasteiger partial charge in [0.15, 0.2) is 0 Å². The summed E-state index contributed by atoms with van der Waals surface area (Å²) >= 11 is 0. The van der Waals surface area contributed by atoms with Crippen LogP contribution in [0.15, 0.2) is 42.5 Å². The molecule has 1 nitrogen and oxygen atoms in total. The fourth-order valence-corrected chi connectivity index (χ4v) is 3.20. The Hall–Kier alpha value is -1.61. The van der Waals surface area contributed by atoms with Gasteiger partial charge >= 0.3 is 0 Å². The Morgan fingerprint density at radius 1 is 1.00 bits per heavy atom. The SMILES string of the molecule is Cc1cc(F)ccc1OCc1ccc([Si](C)(C)C)cc1. The second kappa shape index (κ2) is 5.79. The molecule has 0 fully saturated rings. The van der Waals surface area contributed by atoms with Crippen LogP contribution in [0.5, 0.6) is 5.75 Å². The quantitative estimate of drug-likeness (QED) is 0.764. The van der Waals surface area contributed by atoms with Gasteiger partial charge in [-0.25, -0.2) is 4.39 Å². The van der Waals surface area contributed by atoms with Gasteiger partial charge < -0.3 is 4.74 Å². The average molecular weight is 288 g/mol. The largest absolute Gasteiger partial charge is 0.489 e. The van der Waals surface area contributed by atoms with E-state index >= 15 is 0 Å². The van der Waals surface area contributed by atoms with Gasteiger partial charge in [-0.1, -0.05) is 49.1 Å². The molecule has 0 saturated carbocycles. The molecule has 20 heavy (non-hydrogen) atoms. The van der Waals surface area contributed by atoms with Crippen LogP contribution in [0.3, 0.4) is 0 Å². The fourth-order valence-electron chi connectivity index (χ4n) is 2.04. The smallest absolute Gasteiger partial charge is 0.123 e. The van der Waals surface area contributed by atoms with Gasteiger partial charge in [0.2, 0.25) is 0 Å². The molecule has 0 bridgehead atoms. The molecule has 0 aromatic heterocycles. The van der Waals surface area contributed by atoms with Crippen LogP contribution in [0, 0.1) is 12.7 Å². The summed E-state index contributed by atoms with van der Waals surface area (Å²) in [7, 11) is -1.24. The summed E-state index contributed by atoms with van der Waals surface area (Å²) in [6, 6.07) is 13.2. The minimum Gasteiger partial charge on any atom is -0.489 e. The molecule has 2 aromatic rings. The first kappa shape index (κ1) is 14.8. The van der Waals surface area contributed by atoms with Crippen molar-refractivity contribution in [2.45, 2.75) is 33.2 Å². The molecule has 0 saturated heterocycles. The first-order valence-electron chi connectivity index (χ1n) is 6.84. The van der Waals surface area contributed by atoms with Crippen molar-refractivity contribution in [3.8, 4) is 5.75 Å². The van der Waals surface area contributed by atoms with Crippen molar-refractivity contribution in [1.82, 2.24) is 0 Å². The third-order valence-electron chi connectivity index (χ3n) is 3.35. The van der Waals surface area contributed by atoms with Crippen molar-refractivity contribution in [2.24, 2.45) is 0 Å². The van der Waals surface area contributed by atoms with Crippen LogP contribution in [0.1, 0.15) is 11.1 Å². The third-order valence-corrected chi connectivity index (χ3v) is 5.42. The Morgan fingerprint density at radius 2 is 1.65 bits per heavy atom. The van der Waals surface area contributed by atoms with E-state index in [1.807, 2.05) is 6.92 Å². The highest BCUT2D eigenvalue weighted by molar-refractivity contribution is 6.88. The zero-order chi connectivity index (χ0) is 14.8. The van der Waals surface area contributed by atoms with Crippen molar-refractivity contribution < 1.29 is 9.13 Å². The summed E-state index contributed by atoms with van der Waals surface area (Å²) in [5.41, 5.74) is 1.96. The Balaban J connectivity index is 2.04. The van der Waals surface area contributed by atoms with Crippen LogP contribution in [0.2, 0.25) is 19.6 Å².